The van der Waals surface area contributed by atoms with Gasteiger partial charge in [0.05, 0.1) is 5.69 Å². The number of anilines is 1. The minimum atomic E-state index is -0.0773. The summed E-state index contributed by atoms with van der Waals surface area (Å²) in [5.41, 5.74) is 3.56. The maximum atomic E-state index is 11.4. The summed E-state index contributed by atoms with van der Waals surface area (Å²) in [5.74, 6) is -0.0773. The van der Waals surface area contributed by atoms with Crippen molar-refractivity contribution in [2.45, 2.75) is 12.8 Å². The third-order valence-corrected chi connectivity index (χ3v) is 3.18. The van der Waals surface area contributed by atoms with Crippen molar-refractivity contribution in [1.82, 2.24) is 4.98 Å². The van der Waals surface area contributed by atoms with E-state index in [2.05, 4.69) is 15.5 Å². The van der Waals surface area contributed by atoms with Gasteiger partial charge in [0.15, 0.2) is 0 Å². The van der Waals surface area contributed by atoms with Crippen LogP contribution in [0.25, 0.3) is 11.1 Å². The first-order chi connectivity index (χ1) is 9.28. The van der Waals surface area contributed by atoms with E-state index in [0.717, 1.165) is 16.7 Å². The number of hydrogen-bond donors (Lipinski definition) is 1. The molecule has 19 heavy (non-hydrogen) atoms. The van der Waals surface area contributed by atoms with Gasteiger partial charge in [-0.3, -0.25) is 9.78 Å². The van der Waals surface area contributed by atoms with Crippen LogP contribution in [0.15, 0.2) is 41.8 Å². The van der Waals surface area contributed by atoms with Crippen LogP contribution in [0.5, 0.6) is 0 Å². The number of hydrogen-bond acceptors (Lipinski definition) is 4. The first-order valence-electron chi connectivity index (χ1n) is 5.98. The van der Waals surface area contributed by atoms with E-state index in [-0.39, 0.29) is 11.6 Å². The first kappa shape index (κ1) is 11.5. The van der Waals surface area contributed by atoms with Crippen molar-refractivity contribution in [3.05, 3.63) is 47.1 Å². The highest BCUT2D eigenvalue weighted by Crippen LogP contribution is 2.37. The van der Waals surface area contributed by atoms with Crippen LogP contribution < -0.4 is 5.32 Å². The van der Waals surface area contributed by atoms with Gasteiger partial charge in [-0.2, -0.15) is 0 Å². The predicted molar refractivity (Wildman–Crippen MR) is 72.1 cm³/mol. The molecular formula is C14H11N3O2. The van der Waals surface area contributed by atoms with Crippen molar-refractivity contribution in [3.63, 3.8) is 0 Å². The Labute approximate surface area is 109 Å². The maximum absolute atomic E-state index is 11.4. The Morgan fingerprint density at radius 1 is 1.21 bits per heavy atom. The minimum Gasteiger partial charge on any atom is -0.324 e. The van der Waals surface area contributed by atoms with Gasteiger partial charge in [0.2, 0.25) is 5.91 Å². The molecule has 1 aromatic heterocycles. The number of carbonyl (C=O) groups excluding carboxylic acids is 1. The molecule has 2 heterocycles. The molecule has 1 aliphatic rings. The number of carbonyl (C=O) groups is 1. The lowest BCUT2D eigenvalue weighted by Crippen LogP contribution is -2.19. The molecule has 1 aromatic carbocycles. The highest BCUT2D eigenvalue weighted by molar-refractivity contribution is 5.98. The van der Waals surface area contributed by atoms with Crippen molar-refractivity contribution in [2.75, 3.05) is 5.32 Å². The van der Waals surface area contributed by atoms with E-state index in [1.54, 1.807) is 18.5 Å². The summed E-state index contributed by atoms with van der Waals surface area (Å²) in [4.78, 5) is 26.4. The molecule has 0 fully saturated rings. The Balaban J connectivity index is 2.15. The lowest BCUT2D eigenvalue weighted by molar-refractivity contribution is -0.116. The van der Waals surface area contributed by atoms with E-state index in [4.69, 9.17) is 0 Å². The van der Waals surface area contributed by atoms with Crippen LogP contribution in [0.3, 0.4) is 0 Å². The second-order valence-corrected chi connectivity index (χ2v) is 4.41. The van der Waals surface area contributed by atoms with Crippen LogP contribution in [0.2, 0.25) is 0 Å². The average molecular weight is 253 g/mol. The van der Waals surface area contributed by atoms with E-state index >= 15 is 0 Å². The molecule has 0 saturated carbocycles. The minimum absolute atomic E-state index is 0.0773. The van der Waals surface area contributed by atoms with E-state index in [0.29, 0.717) is 18.5 Å². The molecule has 0 bridgehead atoms. The molecule has 3 rings (SSSR count). The van der Waals surface area contributed by atoms with Crippen LogP contribution in [0, 0.1) is 4.91 Å². The van der Waals surface area contributed by atoms with Gasteiger partial charge in [0.1, 0.15) is 5.69 Å². The van der Waals surface area contributed by atoms with Crippen LogP contribution in [0.4, 0.5) is 11.4 Å². The third-order valence-electron chi connectivity index (χ3n) is 3.18. The van der Waals surface area contributed by atoms with Crippen LogP contribution in [-0.2, 0) is 11.2 Å². The van der Waals surface area contributed by atoms with Crippen molar-refractivity contribution in [3.8, 4) is 11.1 Å². The summed E-state index contributed by atoms with van der Waals surface area (Å²) in [5, 5.41) is 5.73. The zero-order chi connectivity index (χ0) is 13.2. The van der Waals surface area contributed by atoms with Crippen molar-refractivity contribution >= 4 is 17.3 Å². The van der Waals surface area contributed by atoms with Gasteiger partial charge in [-0.1, -0.05) is 6.07 Å². The fraction of sp³-hybridized carbons (Fsp3) is 0.143. The highest BCUT2D eigenvalue weighted by Gasteiger charge is 2.20. The normalized spacial score (nSPS) is 13.6. The first-order valence-corrected chi connectivity index (χ1v) is 5.98. The average Bonchev–Trinajstić information content (AvgIpc) is 2.47. The van der Waals surface area contributed by atoms with E-state index in [9.17, 15) is 9.70 Å². The molecule has 0 atom stereocenters. The molecule has 1 N–H and O–H groups in total. The summed E-state index contributed by atoms with van der Waals surface area (Å²) < 4.78 is 0. The van der Waals surface area contributed by atoms with E-state index in [1.807, 2.05) is 18.2 Å². The fourth-order valence-corrected chi connectivity index (χ4v) is 2.25. The van der Waals surface area contributed by atoms with Crippen LogP contribution in [-0.4, -0.2) is 10.9 Å². The molecule has 2 aromatic rings. The number of nitroso groups, excluding NO2 is 1. The van der Waals surface area contributed by atoms with E-state index < -0.39 is 0 Å². The zero-order valence-corrected chi connectivity index (χ0v) is 10.1. The number of amides is 1. The Bertz CT molecular complexity index is 653. The van der Waals surface area contributed by atoms with Crippen molar-refractivity contribution < 1.29 is 4.79 Å². The molecular weight excluding hydrogens is 242 g/mol. The number of nitrogens with zero attached hydrogens (tertiary/aromatic N) is 2. The fourth-order valence-electron chi connectivity index (χ4n) is 2.25. The summed E-state index contributed by atoms with van der Waals surface area (Å²) >= 11 is 0. The summed E-state index contributed by atoms with van der Waals surface area (Å²) in [6.45, 7) is 0. The van der Waals surface area contributed by atoms with Gasteiger partial charge in [0.25, 0.3) is 0 Å². The summed E-state index contributed by atoms with van der Waals surface area (Å²) in [7, 11) is 0. The summed E-state index contributed by atoms with van der Waals surface area (Å²) in [6.07, 6.45) is 4.48. The number of benzene rings is 1. The SMILES string of the molecule is O=Nc1cc(-c2cccnc2)cc2c1NC(=O)CC2. The molecule has 0 aliphatic carbocycles. The second-order valence-electron chi connectivity index (χ2n) is 4.41. The Morgan fingerprint density at radius 3 is 2.84 bits per heavy atom. The monoisotopic (exact) mass is 253 g/mol. The molecule has 5 nitrogen and oxygen atoms in total. The lowest BCUT2D eigenvalue weighted by Gasteiger charge is -2.19. The predicted octanol–water partition coefficient (Wildman–Crippen LogP) is 3.03. The molecule has 0 saturated heterocycles. The highest BCUT2D eigenvalue weighted by atomic mass is 16.3. The zero-order valence-electron chi connectivity index (χ0n) is 10.1. The Kier molecular flexibility index (Phi) is 2.79. The summed E-state index contributed by atoms with van der Waals surface area (Å²) in [6, 6.07) is 7.41. The molecule has 1 aliphatic heterocycles. The number of pyridine rings is 1. The molecule has 0 unspecified atom stereocenters. The lowest BCUT2D eigenvalue weighted by atomic mass is 9.96. The van der Waals surface area contributed by atoms with Gasteiger partial charge >= 0.3 is 0 Å². The maximum Gasteiger partial charge on any atom is 0.224 e. The van der Waals surface area contributed by atoms with Crippen LogP contribution >= 0.6 is 0 Å². The second kappa shape index (κ2) is 4.61. The largest absolute Gasteiger partial charge is 0.324 e. The van der Waals surface area contributed by atoms with Crippen molar-refractivity contribution in [1.29, 1.82) is 0 Å². The van der Waals surface area contributed by atoms with Gasteiger partial charge in [-0.05, 0) is 40.9 Å². The quantitative estimate of drug-likeness (QED) is 0.836. The van der Waals surface area contributed by atoms with Gasteiger partial charge in [-0.15, -0.1) is 4.91 Å². The molecule has 5 heteroatoms. The number of rotatable bonds is 2. The smallest absolute Gasteiger partial charge is 0.224 e. The van der Waals surface area contributed by atoms with Crippen molar-refractivity contribution in [2.24, 2.45) is 5.18 Å². The number of fused-ring (bicyclic) bond motifs is 1. The van der Waals surface area contributed by atoms with Gasteiger partial charge in [0, 0.05) is 24.4 Å². The number of aryl methyl sites for hydroxylation is 1. The molecule has 0 radical (unpaired) electrons. The molecule has 0 spiro atoms. The van der Waals surface area contributed by atoms with E-state index in [1.165, 1.54) is 0 Å². The van der Waals surface area contributed by atoms with Crippen LogP contribution in [0.1, 0.15) is 12.0 Å². The van der Waals surface area contributed by atoms with Gasteiger partial charge in [-0.25, -0.2) is 0 Å². The number of nitrogens with one attached hydrogen (secondary N) is 1. The third kappa shape index (κ3) is 2.10. The standard InChI is InChI=1S/C14H11N3O2/c18-13-4-3-9-6-11(10-2-1-5-15-8-10)7-12(17-19)14(9)16-13/h1-2,5-8H,3-4H2,(H,16,18). The number of aromatic nitrogens is 1. The Morgan fingerprint density at radius 2 is 2.11 bits per heavy atom. The molecule has 1 amide bonds. The Hall–Kier alpha value is -2.56. The topological polar surface area (TPSA) is 71.4 Å². The molecule has 94 valence electrons. The van der Waals surface area contributed by atoms with Gasteiger partial charge < -0.3 is 5.32 Å².